The summed E-state index contributed by atoms with van der Waals surface area (Å²) in [6.45, 7) is 6.53. The molecule has 6 heteroatoms. The van der Waals surface area contributed by atoms with E-state index in [0.717, 1.165) is 44.3 Å². The largest absolute Gasteiger partial charge is 0.510 e. The number of hydrogen-bond acceptors (Lipinski definition) is 2. The standard InChI is InChI=1S/C58H42N4O.Pt/c1-58(2,3)43-34-35-59-55(36-43)62-54-38-46(32-33-50(54)51-29-17-28-49(57(51)62)42-22-11-6-12-23-42)63-45-25-15-24-44(37-45)60-39-61(53-31-14-13-30-52(53)60)56-47(40-18-7-4-8-19-40)26-16-27-48(56)41-20-9-5-10-21-41;/h4-36H,1-3H3;/q-2;/i4D,5D,7D,8D,9D,10D,18D,19D,20D,21D;. The van der Waals surface area contributed by atoms with Crippen LogP contribution < -0.4 is 9.30 Å². The molecule has 0 bridgehead atoms. The third kappa shape index (κ3) is 7.32. The molecule has 0 fully saturated rings. The van der Waals surface area contributed by atoms with Gasteiger partial charge in [0.05, 0.1) is 30.4 Å². The Morgan fingerprint density at radius 1 is 0.609 bits per heavy atom. The number of hydrogen-bond donors (Lipinski definition) is 0. The minimum Gasteiger partial charge on any atom is -0.510 e. The van der Waals surface area contributed by atoms with Gasteiger partial charge in [0.1, 0.15) is 5.82 Å². The van der Waals surface area contributed by atoms with Crippen LogP contribution in [-0.4, -0.2) is 14.1 Å². The molecular weight excluding hydrogens is 964 g/mol. The van der Waals surface area contributed by atoms with Gasteiger partial charge in [0.25, 0.3) is 6.33 Å². The molecule has 0 atom stereocenters. The molecule has 8 aromatic carbocycles. The molecule has 0 radical (unpaired) electrons. The molecule has 0 N–H and O–H groups in total. The molecule has 11 rings (SSSR count). The summed E-state index contributed by atoms with van der Waals surface area (Å²) in [7, 11) is 0. The van der Waals surface area contributed by atoms with Crippen LogP contribution in [0, 0.1) is 18.5 Å². The van der Waals surface area contributed by atoms with Gasteiger partial charge in [-0.25, -0.2) is 4.98 Å². The molecule has 0 aliphatic rings. The van der Waals surface area contributed by atoms with Gasteiger partial charge in [0.2, 0.25) is 0 Å². The number of ether oxygens (including phenoxy) is 1. The van der Waals surface area contributed by atoms with Gasteiger partial charge in [0, 0.05) is 49.8 Å². The molecule has 5 nitrogen and oxygen atoms in total. The number of benzene rings is 8. The predicted molar refractivity (Wildman–Crippen MR) is 255 cm³/mol. The summed E-state index contributed by atoms with van der Waals surface area (Å²) < 4.78 is 99.2. The van der Waals surface area contributed by atoms with Crippen molar-refractivity contribution < 1.29 is 44.1 Å². The number of para-hydroxylation sites is 4. The zero-order chi connectivity index (χ0) is 51.2. The number of nitrogens with zero attached hydrogens (tertiary/aromatic N) is 4. The van der Waals surface area contributed by atoms with Gasteiger partial charge < -0.3 is 13.9 Å². The molecule has 0 aliphatic carbocycles. The van der Waals surface area contributed by atoms with Gasteiger partial charge in [-0.15, -0.1) is 29.7 Å². The van der Waals surface area contributed by atoms with Crippen molar-refractivity contribution in [2.45, 2.75) is 26.2 Å². The van der Waals surface area contributed by atoms with Gasteiger partial charge >= 0.3 is 0 Å². The Morgan fingerprint density at radius 2 is 1.27 bits per heavy atom. The van der Waals surface area contributed by atoms with Crippen LogP contribution in [0.1, 0.15) is 40.0 Å². The van der Waals surface area contributed by atoms with E-state index in [9.17, 15) is 0 Å². The second kappa shape index (κ2) is 16.7. The topological polar surface area (TPSA) is 35.9 Å². The van der Waals surface area contributed by atoms with E-state index >= 15 is 0 Å². The quantitative estimate of drug-likeness (QED) is 0.112. The number of fused-ring (bicyclic) bond motifs is 4. The zero-order valence-corrected chi connectivity index (χ0v) is 37.1. The SMILES string of the molecule is [2H]c1c([2H])c([2H])c(-c2cccc(-c3c([2H])c([2H])c([2H])c([2H])c3[2H])c2-[n+]2[c-]n(-c3[c-]c(Oc4[c-]c5c(cc4)c4cccc(-c6ccccc6)c4n5-c4cc(C(C)(C)C)ccn4)ccc3)c3ccccc32)c([2H])c1[2H].[Pt]. The third-order valence-electron chi connectivity index (χ3n) is 11.2. The van der Waals surface area contributed by atoms with Gasteiger partial charge in [-0.3, -0.25) is 4.57 Å². The van der Waals surface area contributed by atoms with Crippen molar-refractivity contribution in [2.75, 3.05) is 0 Å². The van der Waals surface area contributed by atoms with E-state index in [0.29, 0.717) is 28.2 Å². The van der Waals surface area contributed by atoms with Gasteiger partial charge in [-0.1, -0.05) is 178 Å². The number of imidazole rings is 1. The first-order valence-electron chi connectivity index (χ1n) is 25.5. The van der Waals surface area contributed by atoms with Crippen molar-refractivity contribution >= 4 is 32.8 Å². The van der Waals surface area contributed by atoms with Crippen molar-refractivity contribution in [3.05, 3.63) is 224 Å². The van der Waals surface area contributed by atoms with E-state index in [-0.39, 0.29) is 54.4 Å². The third-order valence-corrected chi connectivity index (χ3v) is 11.2. The first-order valence-corrected chi connectivity index (χ1v) is 20.5. The van der Waals surface area contributed by atoms with Crippen LogP contribution in [-0.2, 0) is 26.5 Å². The van der Waals surface area contributed by atoms with Crippen molar-refractivity contribution in [1.29, 1.82) is 0 Å². The van der Waals surface area contributed by atoms with E-state index in [1.165, 1.54) is 0 Å². The minimum atomic E-state index is -0.574. The summed E-state index contributed by atoms with van der Waals surface area (Å²) in [6.07, 6.45) is 5.26. The summed E-state index contributed by atoms with van der Waals surface area (Å²) in [6, 6.07) is 43.8. The van der Waals surface area contributed by atoms with Crippen LogP contribution in [0.4, 0.5) is 0 Å². The molecule has 0 unspecified atom stereocenters. The van der Waals surface area contributed by atoms with E-state index in [1.807, 2.05) is 72.9 Å². The van der Waals surface area contributed by atoms with Crippen molar-refractivity contribution in [3.8, 4) is 62.1 Å². The molecule has 64 heavy (non-hydrogen) atoms. The Kier molecular flexibility index (Phi) is 8.03. The summed E-state index contributed by atoms with van der Waals surface area (Å²) in [4.78, 5) is 4.92. The first kappa shape index (κ1) is 30.7. The maximum absolute atomic E-state index is 9.03. The molecule has 0 spiro atoms. The maximum atomic E-state index is 9.03. The van der Waals surface area contributed by atoms with Gasteiger partial charge in [-0.2, -0.15) is 18.2 Å². The molecule has 3 aromatic heterocycles. The minimum absolute atomic E-state index is 0. The number of aromatic nitrogens is 4. The average molecular weight is 1020 g/mol. The van der Waals surface area contributed by atoms with Crippen molar-refractivity contribution in [2.24, 2.45) is 0 Å². The van der Waals surface area contributed by atoms with E-state index in [2.05, 4.69) is 80.2 Å². The molecule has 0 saturated carbocycles. The van der Waals surface area contributed by atoms with Crippen LogP contribution in [0.15, 0.2) is 200 Å². The zero-order valence-electron chi connectivity index (χ0n) is 44.8. The van der Waals surface area contributed by atoms with Crippen LogP contribution in [0.5, 0.6) is 11.5 Å². The second-order valence-corrected chi connectivity index (χ2v) is 16.1. The van der Waals surface area contributed by atoms with E-state index < -0.39 is 60.4 Å². The molecule has 0 amide bonds. The Morgan fingerprint density at radius 3 is 2.00 bits per heavy atom. The predicted octanol–water partition coefficient (Wildman–Crippen LogP) is 13.9. The average Bonchev–Trinajstić information content (AvgIpc) is 3.96. The molecule has 0 aliphatic heterocycles. The molecule has 3 heterocycles. The van der Waals surface area contributed by atoms with Crippen LogP contribution in [0.3, 0.4) is 0 Å². The molecule has 312 valence electrons. The molecule has 11 aromatic rings. The fourth-order valence-electron chi connectivity index (χ4n) is 8.22. The normalized spacial score (nSPS) is 13.7. The Balaban J connectivity index is 0.00000626. The summed E-state index contributed by atoms with van der Waals surface area (Å²) >= 11 is 0. The summed E-state index contributed by atoms with van der Waals surface area (Å²) in [5, 5.41) is 1.99. The Bertz CT molecular complexity index is 3930. The van der Waals surface area contributed by atoms with Crippen LogP contribution in [0.25, 0.3) is 83.4 Å². The van der Waals surface area contributed by atoms with Crippen LogP contribution in [0.2, 0.25) is 0 Å². The number of rotatable bonds is 8. The molecular formula is C58H42N4OPt-2. The second-order valence-electron chi connectivity index (χ2n) is 16.1. The van der Waals surface area contributed by atoms with Gasteiger partial charge in [0.15, 0.2) is 0 Å². The van der Waals surface area contributed by atoms with E-state index in [1.54, 1.807) is 39.5 Å². The number of pyridine rings is 1. The van der Waals surface area contributed by atoms with Gasteiger partial charge in [-0.05, 0) is 62.0 Å². The maximum Gasteiger partial charge on any atom is 0.268 e. The Hall–Kier alpha value is -7.33. The van der Waals surface area contributed by atoms with Crippen molar-refractivity contribution in [1.82, 2.24) is 14.1 Å². The monoisotopic (exact) mass is 1020 g/mol. The smallest absolute Gasteiger partial charge is 0.268 e. The van der Waals surface area contributed by atoms with Crippen LogP contribution >= 0.6 is 0 Å². The Labute approximate surface area is 401 Å². The fraction of sp³-hybridized carbons (Fsp3) is 0.0690. The summed E-state index contributed by atoms with van der Waals surface area (Å²) in [5.74, 6) is 1.51. The summed E-state index contributed by atoms with van der Waals surface area (Å²) in [5.41, 5.74) is 6.63. The van der Waals surface area contributed by atoms with E-state index in [4.69, 9.17) is 23.4 Å². The fourth-order valence-corrected chi connectivity index (χ4v) is 8.22. The molecule has 0 saturated heterocycles. The van der Waals surface area contributed by atoms with Crippen molar-refractivity contribution in [3.63, 3.8) is 0 Å². The first-order chi connectivity index (χ1) is 35.0.